The number of H-pyrrole nitrogens is 1. The van der Waals surface area contributed by atoms with Crippen molar-refractivity contribution < 1.29 is 28.2 Å². The van der Waals surface area contributed by atoms with Crippen LogP contribution < -0.4 is 10.3 Å². The van der Waals surface area contributed by atoms with Crippen molar-refractivity contribution in [3.8, 4) is 17.1 Å². The van der Waals surface area contributed by atoms with E-state index in [1.807, 2.05) is 6.92 Å². The van der Waals surface area contributed by atoms with Crippen molar-refractivity contribution in [3.05, 3.63) is 50.2 Å². The van der Waals surface area contributed by atoms with Crippen LogP contribution in [0, 0.1) is 23.0 Å². The molecule has 0 saturated carbocycles. The Kier molecular flexibility index (Phi) is 9.05. The van der Waals surface area contributed by atoms with Crippen LogP contribution in [-0.4, -0.2) is 74.9 Å². The maximum atomic E-state index is 13.6. The highest BCUT2D eigenvalue weighted by Crippen LogP contribution is 2.33. The number of hydrogen-bond donors (Lipinski definition) is 2. The minimum Gasteiger partial charge on any atom is -0.493 e. The summed E-state index contributed by atoms with van der Waals surface area (Å²) in [6.45, 7) is 6.00. The Hall–Kier alpha value is -3.56. The number of ether oxygens (including phenoxy) is 1. The number of aliphatic hydroxyl groups excluding tert-OH is 1. The highest BCUT2D eigenvalue weighted by Gasteiger charge is 2.33. The molecule has 1 atom stereocenters. The molecule has 2 N–H and O–H groups in total. The highest BCUT2D eigenvalue weighted by atomic mass is 32.2. The summed E-state index contributed by atoms with van der Waals surface area (Å²) in [6.07, 6.45) is 1.48. The average molecular weight is 579 g/mol. The lowest BCUT2D eigenvalue weighted by Crippen LogP contribution is -2.41. The van der Waals surface area contributed by atoms with Gasteiger partial charge in [0.15, 0.2) is 11.3 Å². The first-order valence-electron chi connectivity index (χ1n) is 13.3. The zero-order valence-corrected chi connectivity index (χ0v) is 23.5. The maximum Gasteiger partial charge on any atom is 0.294 e. The Morgan fingerprint density at radius 3 is 2.65 bits per heavy atom. The predicted molar refractivity (Wildman–Crippen MR) is 144 cm³/mol. The lowest BCUT2D eigenvalue weighted by molar-refractivity contribution is -0.758. The SMILES string of the molecule is CCCc1nc(C)c2c(=O)[nH]c(-c3cc(S(=O)(=O)N4CCC(C(O)CCO[N+](=O)[O-])CC4)ccc3OCC)nn12. The van der Waals surface area contributed by atoms with E-state index in [4.69, 9.17) is 4.74 Å². The van der Waals surface area contributed by atoms with Gasteiger partial charge in [0.1, 0.15) is 11.6 Å². The fraction of sp³-hybridized carbons (Fsp3) is 0.560. The van der Waals surface area contributed by atoms with Crippen LogP contribution in [0.1, 0.15) is 51.0 Å². The third-order valence-electron chi connectivity index (χ3n) is 7.01. The lowest BCUT2D eigenvalue weighted by atomic mass is 9.91. The number of aliphatic hydroxyl groups is 1. The van der Waals surface area contributed by atoms with E-state index in [0.29, 0.717) is 54.2 Å². The number of imidazole rings is 1. The Morgan fingerprint density at radius 1 is 1.27 bits per heavy atom. The third kappa shape index (κ3) is 6.10. The summed E-state index contributed by atoms with van der Waals surface area (Å²) in [6, 6.07) is 4.46. The van der Waals surface area contributed by atoms with Gasteiger partial charge in [-0.25, -0.2) is 17.9 Å². The summed E-state index contributed by atoms with van der Waals surface area (Å²) < 4.78 is 35.8. The highest BCUT2D eigenvalue weighted by molar-refractivity contribution is 7.89. The van der Waals surface area contributed by atoms with Crippen molar-refractivity contribution in [2.45, 2.75) is 63.9 Å². The molecule has 0 bridgehead atoms. The molecule has 218 valence electrons. The van der Waals surface area contributed by atoms with Gasteiger partial charge in [-0.15, -0.1) is 15.2 Å². The summed E-state index contributed by atoms with van der Waals surface area (Å²) in [7, 11) is -3.92. The molecule has 14 nitrogen and oxygen atoms in total. The normalized spacial score (nSPS) is 15.8. The summed E-state index contributed by atoms with van der Waals surface area (Å²) in [5, 5.41) is 24.4. The van der Waals surface area contributed by atoms with Gasteiger partial charge in [0.25, 0.3) is 10.6 Å². The molecule has 0 aliphatic carbocycles. The molecule has 1 saturated heterocycles. The van der Waals surface area contributed by atoms with Crippen LogP contribution in [0.3, 0.4) is 0 Å². The Balaban J connectivity index is 1.62. The average Bonchev–Trinajstić information content (AvgIpc) is 3.24. The van der Waals surface area contributed by atoms with E-state index in [2.05, 4.69) is 19.9 Å². The third-order valence-corrected chi connectivity index (χ3v) is 8.91. The smallest absolute Gasteiger partial charge is 0.294 e. The first-order chi connectivity index (χ1) is 19.1. The monoisotopic (exact) mass is 578 g/mol. The van der Waals surface area contributed by atoms with Gasteiger partial charge in [0.05, 0.1) is 35.5 Å². The molecular formula is C25H34N6O8S. The van der Waals surface area contributed by atoms with E-state index in [1.54, 1.807) is 19.9 Å². The van der Waals surface area contributed by atoms with Crippen LogP contribution in [0.5, 0.6) is 5.75 Å². The number of fused-ring (bicyclic) bond motifs is 1. The van der Waals surface area contributed by atoms with Gasteiger partial charge >= 0.3 is 0 Å². The number of aromatic nitrogens is 4. The van der Waals surface area contributed by atoms with Gasteiger partial charge in [0.2, 0.25) is 10.0 Å². The first-order valence-corrected chi connectivity index (χ1v) is 14.7. The number of piperidine rings is 1. The first kappa shape index (κ1) is 29.4. The van der Waals surface area contributed by atoms with Crippen LogP contribution in [0.15, 0.2) is 27.9 Å². The molecule has 1 aliphatic heterocycles. The molecule has 3 heterocycles. The van der Waals surface area contributed by atoms with Gasteiger partial charge in [-0.3, -0.25) is 4.79 Å². The second-order valence-electron chi connectivity index (χ2n) is 9.67. The molecule has 1 aliphatic rings. The maximum absolute atomic E-state index is 13.6. The quantitative estimate of drug-likeness (QED) is 0.238. The van der Waals surface area contributed by atoms with E-state index in [9.17, 15) is 28.4 Å². The van der Waals surface area contributed by atoms with Crippen LogP contribution >= 0.6 is 0 Å². The summed E-state index contributed by atoms with van der Waals surface area (Å²) in [5.41, 5.74) is 0.831. The van der Waals surface area contributed by atoms with Crippen LogP contribution in [0.2, 0.25) is 0 Å². The molecular weight excluding hydrogens is 544 g/mol. The molecule has 4 rings (SSSR count). The van der Waals surface area contributed by atoms with E-state index in [0.717, 1.165) is 6.42 Å². The number of aromatic amines is 1. The number of nitrogens with one attached hydrogen (secondary N) is 1. The van der Waals surface area contributed by atoms with Crippen molar-refractivity contribution in [2.75, 3.05) is 26.3 Å². The van der Waals surface area contributed by atoms with Crippen molar-refractivity contribution in [1.29, 1.82) is 0 Å². The van der Waals surface area contributed by atoms with E-state index in [-0.39, 0.29) is 42.8 Å². The Morgan fingerprint density at radius 2 is 2.00 bits per heavy atom. The van der Waals surface area contributed by atoms with Crippen LogP contribution in [0.25, 0.3) is 16.9 Å². The molecule has 3 aromatic rings. The number of rotatable bonds is 12. The molecule has 40 heavy (non-hydrogen) atoms. The second-order valence-corrected chi connectivity index (χ2v) is 11.6. The van der Waals surface area contributed by atoms with E-state index < -0.39 is 26.8 Å². The number of nitrogens with zero attached hydrogens (tertiary/aromatic N) is 5. The standard InChI is InChI=1S/C25H34N6O8S/c1-4-6-22-26-16(3)23-25(33)27-24(28-30(22)23)19-15-18(7-8-21(19)38-5-2)40(36,37)29-12-9-17(10-13-29)20(32)11-14-39-31(34)35/h7-8,15,17,20,32H,4-6,9-14H2,1-3H3,(H,27,28,33). The molecule has 0 spiro atoms. The molecule has 1 unspecified atom stereocenters. The second kappa shape index (κ2) is 12.3. The number of aryl methyl sites for hydroxylation is 2. The van der Waals surface area contributed by atoms with Gasteiger partial charge < -0.3 is 19.7 Å². The summed E-state index contributed by atoms with van der Waals surface area (Å²) in [4.78, 5) is 34.9. The molecule has 1 aromatic carbocycles. The number of hydrogen-bond acceptors (Lipinski definition) is 10. The van der Waals surface area contributed by atoms with Gasteiger partial charge in [-0.1, -0.05) is 6.92 Å². The van der Waals surface area contributed by atoms with Crippen molar-refractivity contribution in [3.63, 3.8) is 0 Å². The van der Waals surface area contributed by atoms with E-state index >= 15 is 0 Å². The summed E-state index contributed by atoms with van der Waals surface area (Å²) >= 11 is 0. The van der Waals surface area contributed by atoms with Crippen LogP contribution in [0.4, 0.5) is 0 Å². The lowest BCUT2D eigenvalue weighted by Gasteiger charge is -2.33. The molecule has 15 heteroatoms. The zero-order valence-electron chi connectivity index (χ0n) is 22.7. The fourth-order valence-corrected chi connectivity index (χ4v) is 6.51. The predicted octanol–water partition coefficient (Wildman–Crippen LogP) is 2.10. The Bertz CT molecular complexity index is 1530. The van der Waals surface area contributed by atoms with E-state index in [1.165, 1.54) is 21.0 Å². The van der Waals surface area contributed by atoms with Crippen LogP contribution in [-0.2, 0) is 21.3 Å². The zero-order chi connectivity index (χ0) is 29.0. The minimum atomic E-state index is -3.92. The Labute approximate surface area is 231 Å². The largest absolute Gasteiger partial charge is 0.493 e. The summed E-state index contributed by atoms with van der Waals surface area (Å²) in [5.74, 6) is 0.969. The molecule has 0 amide bonds. The topological polar surface area (TPSA) is 182 Å². The fourth-order valence-electron chi connectivity index (χ4n) is 5.01. The number of benzene rings is 1. The molecule has 0 radical (unpaired) electrons. The van der Waals surface area contributed by atoms with Gasteiger partial charge in [-0.05, 0) is 63.6 Å². The number of sulfonamides is 1. The van der Waals surface area contributed by atoms with Crippen molar-refractivity contribution in [1.82, 2.24) is 23.9 Å². The van der Waals surface area contributed by atoms with Crippen molar-refractivity contribution in [2.24, 2.45) is 5.92 Å². The minimum absolute atomic E-state index is 0.0164. The van der Waals surface area contributed by atoms with Crippen molar-refractivity contribution >= 4 is 15.5 Å². The van der Waals surface area contributed by atoms with Gasteiger partial charge in [-0.2, -0.15) is 4.31 Å². The van der Waals surface area contributed by atoms with Gasteiger partial charge in [0, 0.05) is 19.5 Å². The molecule has 1 fully saturated rings. The molecule has 2 aromatic heterocycles.